The van der Waals surface area contributed by atoms with E-state index in [1.165, 1.54) is 0 Å². The molecule has 0 saturated carbocycles. The van der Waals surface area contributed by atoms with Crippen molar-refractivity contribution in [1.82, 2.24) is 0 Å². The van der Waals surface area contributed by atoms with Gasteiger partial charge in [0.15, 0.2) is 0 Å². The van der Waals surface area contributed by atoms with Gasteiger partial charge in [-0.3, -0.25) is 4.99 Å². The molecule has 0 fully saturated rings. The third-order valence-corrected chi connectivity index (χ3v) is 14.1. The zero-order valence-corrected chi connectivity index (χ0v) is 60.1. The van der Waals surface area contributed by atoms with Crippen LogP contribution in [0, 0.1) is 0 Å². The van der Waals surface area contributed by atoms with Crippen molar-refractivity contribution in [3.05, 3.63) is 78.0 Å². The molecule has 0 spiro atoms. The van der Waals surface area contributed by atoms with Gasteiger partial charge in [-0.2, -0.15) is 0 Å². The zero-order chi connectivity index (χ0) is 70.2. The highest BCUT2D eigenvalue weighted by atomic mass is 32.2. The van der Waals surface area contributed by atoms with E-state index >= 15 is 0 Å². The SMILES string of the molecule is COCCOCCOCCOCCOCCOCCOCCOCCOCCOCCOCCOCCOCCOCCOCCOCCOCCOCCOCCOCCOCCOCCOCCOCCN1C(=CC=CC=Nc2ccccc2)C(C)(C)c2cc(SOOO)ccc21. The Hall–Kier alpha value is -3.34. The Labute approximate surface area is 591 Å². The summed E-state index contributed by atoms with van der Waals surface area (Å²) in [5.74, 6) is 0. The third-order valence-electron chi connectivity index (χ3n) is 13.5. The van der Waals surface area contributed by atoms with Gasteiger partial charge in [-0.1, -0.05) is 43.2 Å². The Morgan fingerprint density at radius 1 is 0.354 bits per heavy atom. The number of nitrogens with zero attached hydrogens (tertiary/aromatic N) is 2. The van der Waals surface area contributed by atoms with Crippen molar-refractivity contribution in [2.45, 2.75) is 24.2 Å². The van der Waals surface area contributed by atoms with Crippen molar-refractivity contribution >= 4 is 29.6 Å². The van der Waals surface area contributed by atoms with Gasteiger partial charge in [0.25, 0.3) is 0 Å². The van der Waals surface area contributed by atoms with E-state index in [0.717, 1.165) is 39.6 Å². The molecule has 0 saturated heterocycles. The van der Waals surface area contributed by atoms with Crippen LogP contribution in [0.25, 0.3) is 0 Å². The van der Waals surface area contributed by atoms with Crippen molar-refractivity contribution < 1.29 is 128 Å². The summed E-state index contributed by atoms with van der Waals surface area (Å²) >= 11 is 0.941. The van der Waals surface area contributed by atoms with E-state index in [1.54, 1.807) is 13.3 Å². The minimum atomic E-state index is -0.321. The molecule has 2 aromatic carbocycles. The highest BCUT2D eigenvalue weighted by Crippen LogP contribution is 2.48. The highest BCUT2D eigenvalue weighted by Gasteiger charge is 2.40. The molecule has 1 aliphatic heterocycles. The van der Waals surface area contributed by atoms with Gasteiger partial charge < -0.3 is 119 Å². The van der Waals surface area contributed by atoms with Crippen LogP contribution in [-0.2, 0) is 128 Å². The quantitative estimate of drug-likeness (QED) is 0.0258. The summed E-state index contributed by atoms with van der Waals surface area (Å²) in [5, 5.41) is 12.5. The predicted octanol–water partition coefficient (Wildman–Crippen LogP) is 6.08. The number of aliphatic imine (C=N–C) groups is 1. The number of methoxy groups -OCH3 is 1. The topological polar surface area (TPSA) is 276 Å². The fourth-order valence-electron chi connectivity index (χ4n) is 8.58. The Bertz CT molecular complexity index is 2130. The normalized spacial score (nSPS) is 13.5. The maximum atomic E-state index is 8.67. The third kappa shape index (κ3) is 54.0. The van der Waals surface area contributed by atoms with Crippen LogP contribution in [0.1, 0.15) is 19.4 Å². The maximum absolute atomic E-state index is 8.67. The smallest absolute Gasteiger partial charge is 0.0714 e. The van der Waals surface area contributed by atoms with Gasteiger partial charge in [0.1, 0.15) is 0 Å². The van der Waals surface area contributed by atoms with E-state index < -0.39 is 0 Å². The van der Waals surface area contributed by atoms with Gasteiger partial charge in [0, 0.05) is 41.6 Å². The number of benzene rings is 2. The molecule has 99 heavy (non-hydrogen) atoms. The molecule has 1 heterocycles. The average Bonchev–Trinajstić information content (AvgIpc) is 1.60. The highest BCUT2D eigenvalue weighted by molar-refractivity contribution is 7.94. The van der Waals surface area contributed by atoms with Gasteiger partial charge in [0.05, 0.1) is 328 Å². The van der Waals surface area contributed by atoms with E-state index in [1.807, 2.05) is 60.7 Å². The van der Waals surface area contributed by atoms with Crippen LogP contribution in [-0.4, -0.2) is 336 Å². The van der Waals surface area contributed by atoms with Gasteiger partial charge in [-0.25, -0.2) is 5.26 Å². The number of rotatable bonds is 78. The van der Waals surface area contributed by atoms with Gasteiger partial charge >= 0.3 is 0 Å². The minimum absolute atomic E-state index is 0.321. The average molecular weight is 1440 g/mol. The molecular weight excluding hydrogens is 1320 g/mol. The fourth-order valence-corrected chi connectivity index (χ4v) is 8.98. The van der Waals surface area contributed by atoms with Crippen molar-refractivity contribution in [2.75, 3.05) is 329 Å². The second kappa shape index (κ2) is 70.3. The lowest BCUT2D eigenvalue weighted by atomic mass is 9.83. The van der Waals surface area contributed by atoms with Crippen LogP contribution in [0.5, 0.6) is 0 Å². The first-order chi connectivity index (χ1) is 49.1. The van der Waals surface area contributed by atoms with Crippen molar-refractivity contribution in [3.63, 3.8) is 0 Å². The van der Waals surface area contributed by atoms with E-state index in [-0.39, 0.29) is 5.41 Å². The molecule has 0 atom stereocenters. The molecule has 0 aromatic heterocycles. The van der Waals surface area contributed by atoms with Crippen LogP contribution in [0.4, 0.5) is 11.4 Å². The summed E-state index contributed by atoms with van der Waals surface area (Å²) in [7, 11) is 1.64. The minimum Gasteiger partial charge on any atom is -0.382 e. The standard InChI is InChI=1S/C69H118N2O27S/c1-69(2)66-63-65(99-98-97-72)12-13-67(66)71(68(69)11-7-8-14-70-64-9-5-4-6-10-64)15-16-74-19-20-76-23-24-78-27-28-80-31-32-82-35-36-84-39-40-86-43-44-88-47-48-90-51-52-92-55-56-94-59-60-96-62-61-95-58-57-93-54-53-91-50-49-89-46-45-87-42-41-85-38-37-83-34-33-81-30-29-79-26-25-77-22-21-75-18-17-73-3/h4-14,63,72H,15-62H2,1-3H3. The van der Waals surface area contributed by atoms with Crippen molar-refractivity contribution in [2.24, 2.45) is 4.99 Å². The Morgan fingerprint density at radius 2 is 0.626 bits per heavy atom. The number of hydrogen-bond donors (Lipinski definition) is 1. The maximum Gasteiger partial charge on any atom is 0.0714 e. The zero-order valence-electron chi connectivity index (χ0n) is 59.2. The number of fused-ring (bicyclic) bond motifs is 1. The lowest BCUT2D eigenvalue weighted by Crippen LogP contribution is -2.29. The molecule has 0 unspecified atom stereocenters. The monoisotopic (exact) mass is 1440 g/mol. The summed E-state index contributed by atoms with van der Waals surface area (Å²) in [5.41, 5.74) is 3.88. The molecule has 3 rings (SSSR count). The summed E-state index contributed by atoms with van der Waals surface area (Å²) in [6, 6.07) is 15.8. The van der Waals surface area contributed by atoms with Crippen LogP contribution < -0.4 is 4.90 Å². The van der Waals surface area contributed by atoms with Crippen LogP contribution >= 0.6 is 12.0 Å². The van der Waals surface area contributed by atoms with E-state index in [9.17, 15) is 0 Å². The van der Waals surface area contributed by atoms with E-state index in [4.69, 9.17) is 123 Å². The fraction of sp³-hybridized carbons (Fsp3) is 0.754. The molecule has 30 heteroatoms. The van der Waals surface area contributed by atoms with Crippen LogP contribution in [0.15, 0.2) is 82.3 Å². The lowest BCUT2D eigenvalue weighted by Gasteiger charge is -2.27. The number of hydrogen-bond acceptors (Lipinski definition) is 30. The molecular formula is C69H118N2O27S. The number of anilines is 1. The first kappa shape index (κ1) is 89.9. The van der Waals surface area contributed by atoms with E-state index in [0.29, 0.717) is 317 Å². The first-order valence-corrected chi connectivity index (χ1v) is 35.1. The van der Waals surface area contributed by atoms with Gasteiger partial charge in [0.2, 0.25) is 0 Å². The molecule has 0 aliphatic carbocycles. The van der Waals surface area contributed by atoms with Crippen molar-refractivity contribution in [1.29, 1.82) is 0 Å². The number of allylic oxidation sites excluding steroid dienone is 4. The Kier molecular flexibility index (Phi) is 63.8. The molecule has 1 N–H and O–H groups in total. The Balaban J connectivity index is 0.914. The molecule has 0 amide bonds. The largest absolute Gasteiger partial charge is 0.382 e. The molecule has 0 bridgehead atoms. The molecule has 572 valence electrons. The van der Waals surface area contributed by atoms with Gasteiger partial charge in [-0.15, -0.1) is 4.33 Å². The summed E-state index contributed by atoms with van der Waals surface area (Å²) in [6.45, 7) is 28.0. The molecule has 29 nitrogen and oxygen atoms in total. The second-order valence-electron chi connectivity index (χ2n) is 21.3. The second-order valence-corrected chi connectivity index (χ2v) is 22.1. The van der Waals surface area contributed by atoms with Gasteiger partial charge in [-0.05, 0) is 48.0 Å². The summed E-state index contributed by atoms with van der Waals surface area (Å²) in [4.78, 5) is 7.57. The summed E-state index contributed by atoms with van der Waals surface area (Å²) in [6.07, 6.45) is 7.82. The number of para-hydroxylation sites is 1. The van der Waals surface area contributed by atoms with Crippen LogP contribution in [0.3, 0.4) is 0 Å². The number of ether oxygens (including phenoxy) is 24. The lowest BCUT2D eigenvalue weighted by molar-refractivity contribution is -0.432. The predicted molar refractivity (Wildman–Crippen MR) is 370 cm³/mol. The van der Waals surface area contributed by atoms with Crippen LogP contribution in [0.2, 0.25) is 0 Å². The van der Waals surface area contributed by atoms with Crippen molar-refractivity contribution in [3.8, 4) is 0 Å². The summed E-state index contributed by atoms with van der Waals surface area (Å²) < 4.78 is 137. The first-order valence-electron chi connectivity index (χ1n) is 34.4. The Morgan fingerprint density at radius 3 is 0.899 bits per heavy atom. The molecule has 0 radical (unpaired) electrons. The molecule has 1 aliphatic rings. The molecule has 2 aromatic rings. The van der Waals surface area contributed by atoms with E-state index in [2.05, 4.69) is 34.9 Å².